The van der Waals surface area contributed by atoms with E-state index in [4.69, 9.17) is 0 Å². The summed E-state index contributed by atoms with van der Waals surface area (Å²) in [5.74, 6) is -0.369. The fourth-order valence-corrected chi connectivity index (χ4v) is 4.00. The predicted molar refractivity (Wildman–Crippen MR) is 115 cm³/mol. The molecule has 1 aliphatic heterocycles. The number of carbonyl (C=O) groups excluding carboxylic acids is 1. The average molecular weight is 423 g/mol. The van der Waals surface area contributed by atoms with Crippen molar-refractivity contribution in [1.82, 2.24) is 29.8 Å². The Morgan fingerprint density at radius 2 is 1.94 bits per heavy atom. The van der Waals surface area contributed by atoms with Crippen LogP contribution in [0.4, 0.5) is 4.39 Å². The fraction of sp³-hybridized carbons (Fsp3) is 0.391. The molecule has 7 nitrogen and oxygen atoms in total. The molecule has 1 fully saturated rings. The predicted octanol–water partition coefficient (Wildman–Crippen LogP) is 3.16. The van der Waals surface area contributed by atoms with Crippen molar-refractivity contribution in [3.63, 3.8) is 0 Å². The Hall–Kier alpha value is -3.13. The molecule has 8 heteroatoms. The molecule has 0 aliphatic carbocycles. The molecule has 0 spiro atoms. The molecule has 0 saturated carbocycles. The van der Waals surface area contributed by atoms with E-state index in [2.05, 4.69) is 20.2 Å². The van der Waals surface area contributed by atoms with Gasteiger partial charge in [0, 0.05) is 38.9 Å². The lowest BCUT2D eigenvalue weighted by molar-refractivity contribution is 0.0755. The molecule has 1 aliphatic rings. The zero-order valence-electron chi connectivity index (χ0n) is 17.7. The largest absolute Gasteiger partial charge is 0.336 e. The Morgan fingerprint density at radius 1 is 1.10 bits per heavy atom. The van der Waals surface area contributed by atoms with Gasteiger partial charge >= 0.3 is 0 Å². The molecule has 1 amide bonds. The monoisotopic (exact) mass is 422 g/mol. The van der Waals surface area contributed by atoms with Crippen LogP contribution in [0, 0.1) is 5.82 Å². The van der Waals surface area contributed by atoms with E-state index in [0.717, 1.165) is 43.7 Å². The highest BCUT2D eigenvalue weighted by atomic mass is 19.1. The molecule has 0 bridgehead atoms. The quantitative estimate of drug-likeness (QED) is 0.611. The van der Waals surface area contributed by atoms with Crippen LogP contribution in [0.15, 0.2) is 54.9 Å². The third-order valence-corrected chi connectivity index (χ3v) is 5.68. The van der Waals surface area contributed by atoms with Crippen LogP contribution in [-0.2, 0) is 6.54 Å². The van der Waals surface area contributed by atoms with E-state index < -0.39 is 0 Å². The molecule has 0 unspecified atom stereocenters. The number of halogens is 1. The summed E-state index contributed by atoms with van der Waals surface area (Å²) < 4.78 is 15.0. The van der Waals surface area contributed by atoms with Gasteiger partial charge in [0.2, 0.25) is 0 Å². The smallest absolute Gasteiger partial charge is 0.276 e. The summed E-state index contributed by atoms with van der Waals surface area (Å²) >= 11 is 0. The van der Waals surface area contributed by atoms with Gasteiger partial charge in [0.15, 0.2) is 5.69 Å². The minimum Gasteiger partial charge on any atom is -0.336 e. The third-order valence-electron chi connectivity index (χ3n) is 5.68. The van der Waals surface area contributed by atoms with E-state index in [-0.39, 0.29) is 17.8 Å². The summed E-state index contributed by atoms with van der Waals surface area (Å²) in [4.78, 5) is 21.6. The highest BCUT2D eigenvalue weighted by Crippen LogP contribution is 2.22. The van der Waals surface area contributed by atoms with Crippen molar-refractivity contribution in [1.29, 1.82) is 0 Å². The Balaban J connectivity index is 1.40. The molecule has 1 aromatic carbocycles. The molecule has 4 rings (SSSR count). The van der Waals surface area contributed by atoms with E-state index >= 15 is 0 Å². The van der Waals surface area contributed by atoms with Crippen LogP contribution in [0.3, 0.4) is 0 Å². The van der Waals surface area contributed by atoms with Crippen molar-refractivity contribution >= 4 is 5.91 Å². The Bertz CT molecular complexity index is 991. The van der Waals surface area contributed by atoms with E-state index in [9.17, 15) is 9.18 Å². The average Bonchev–Trinajstić information content (AvgIpc) is 3.16. The highest BCUT2D eigenvalue weighted by Gasteiger charge is 2.24. The molecule has 1 atom stereocenters. The van der Waals surface area contributed by atoms with Gasteiger partial charge in [-0.05, 0) is 42.7 Å². The highest BCUT2D eigenvalue weighted by molar-refractivity contribution is 5.92. The number of hydrogen-bond donors (Lipinski definition) is 0. The fourth-order valence-electron chi connectivity index (χ4n) is 4.00. The first-order valence-corrected chi connectivity index (χ1v) is 10.7. The summed E-state index contributed by atoms with van der Waals surface area (Å²) in [5, 5.41) is 8.35. The van der Waals surface area contributed by atoms with Crippen LogP contribution in [0.2, 0.25) is 0 Å². The van der Waals surface area contributed by atoms with Crippen molar-refractivity contribution in [3.05, 3.63) is 77.6 Å². The number of pyridine rings is 1. The van der Waals surface area contributed by atoms with Crippen molar-refractivity contribution in [2.75, 3.05) is 26.2 Å². The van der Waals surface area contributed by atoms with Crippen LogP contribution in [0.5, 0.6) is 0 Å². The maximum atomic E-state index is 13.3. The first-order chi connectivity index (χ1) is 15.1. The number of carbonyl (C=O) groups is 1. The number of benzene rings is 1. The molecule has 3 heterocycles. The van der Waals surface area contributed by atoms with Gasteiger partial charge in [0.1, 0.15) is 5.82 Å². The van der Waals surface area contributed by atoms with Gasteiger partial charge in [-0.25, -0.2) is 9.07 Å². The molecule has 1 saturated heterocycles. The molecule has 31 heavy (non-hydrogen) atoms. The SMILES string of the molecule is CC[C@@H](c1ccc(F)cc1)n1cc(C(=O)N2CCCN(Cc3ccccn3)CC2)nn1. The van der Waals surface area contributed by atoms with Gasteiger partial charge in [-0.15, -0.1) is 5.10 Å². The summed E-state index contributed by atoms with van der Waals surface area (Å²) in [6.45, 7) is 5.88. The number of hydrogen-bond acceptors (Lipinski definition) is 5. The first-order valence-electron chi connectivity index (χ1n) is 10.7. The summed E-state index contributed by atoms with van der Waals surface area (Å²) in [5.41, 5.74) is 2.32. The Labute approximate surface area is 181 Å². The van der Waals surface area contributed by atoms with Crippen LogP contribution < -0.4 is 0 Å². The number of amides is 1. The number of rotatable bonds is 6. The third kappa shape index (κ3) is 5.14. The molecule has 3 aromatic rings. The Kier molecular flexibility index (Phi) is 6.66. The van der Waals surface area contributed by atoms with Crippen LogP contribution in [0.25, 0.3) is 0 Å². The summed E-state index contributed by atoms with van der Waals surface area (Å²) in [6.07, 6.45) is 5.17. The van der Waals surface area contributed by atoms with Gasteiger partial charge in [-0.3, -0.25) is 14.7 Å². The van der Waals surface area contributed by atoms with Crippen LogP contribution in [-0.4, -0.2) is 61.9 Å². The summed E-state index contributed by atoms with van der Waals surface area (Å²) in [6, 6.07) is 12.2. The van der Waals surface area contributed by atoms with Crippen LogP contribution >= 0.6 is 0 Å². The minimum absolute atomic E-state index is 0.0901. The molecule has 0 radical (unpaired) electrons. The zero-order chi connectivity index (χ0) is 21.6. The maximum absolute atomic E-state index is 13.3. The van der Waals surface area contributed by atoms with E-state index in [0.29, 0.717) is 18.8 Å². The Morgan fingerprint density at radius 3 is 2.68 bits per heavy atom. The van der Waals surface area contributed by atoms with Gasteiger partial charge in [-0.1, -0.05) is 30.3 Å². The van der Waals surface area contributed by atoms with E-state index in [1.807, 2.05) is 36.2 Å². The van der Waals surface area contributed by atoms with Gasteiger partial charge < -0.3 is 4.90 Å². The first kappa shape index (κ1) is 21.1. The van der Waals surface area contributed by atoms with Crippen molar-refractivity contribution in [2.24, 2.45) is 0 Å². The standard InChI is InChI=1S/C23H27FN6O/c1-2-22(18-7-9-19(24)10-8-18)30-17-21(26-27-30)23(31)29-13-5-12-28(14-15-29)16-20-6-3-4-11-25-20/h3-4,6-11,17,22H,2,5,12-16H2,1H3/t22-/m0/s1. The second kappa shape index (κ2) is 9.78. The molecular formula is C23H27FN6O. The normalized spacial score (nSPS) is 16.1. The molecular weight excluding hydrogens is 395 g/mol. The molecule has 162 valence electrons. The van der Waals surface area contributed by atoms with Crippen molar-refractivity contribution in [3.8, 4) is 0 Å². The lowest BCUT2D eigenvalue weighted by Crippen LogP contribution is -2.35. The molecule has 0 N–H and O–H groups in total. The minimum atomic E-state index is -0.272. The molecule has 2 aromatic heterocycles. The van der Waals surface area contributed by atoms with Crippen molar-refractivity contribution < 1.29 is 9.18 Å². The summed E-state index contributed by atoms with van der Waals surface area (Å²) in [7, 11) is 0. The number of aromatic nitrogens is 4. The topological polar surface area (TPSA) is 67.2 Å². The zero-order valence-corrected chi connectivity index (χ0v) is 17.7. The second-order valence-corrected chi connectivity index (χ2v) is 7.80. The maximum Gasteiger partial charge on any atom is 0.276 e. The van der Waals surface area contributed by atoms with Gasteiger partial charge in [-0.2, -0.15) is 0 Å². The second-order valence-electron chi connectivity index (χ2n) is 7.80. The lowest BCUT2D eigenvalue weighted by Gasteiger charge is -2.21. The van der Waals surface area contributed by atoms with Gasteiger partial charge in [0.25, 0.3) is 5.91 Å². The van der Waals surface area contributed by atoms with Gasteiger partial charge in [0.05, 0.1) is 17.9 Å². The van der Waals surface area contributed by atoms with Crippen molar-refractivity contribution in [2.45, 2.75) is 32.4 Å². The van der Waals surface area contributed by atoms with E-state index in [1.165, 1.54) is 12.1 Å². The number of nitrogens with zero attached hydrogens (tertiary/aromatic N) is 6. The lowest BCUT2D eigenvalue weighted by atomic mass is 10.0. The van der Waals surface area contributed by atoms with E-state index in [1.54, 1.807) is 23.0 Å². The van der Waals surface area contributed by atoms with Crippen LogP contribution in [0.1, 0.15) is 47.6 Å².